The molecular formula is C14H19IN2O2. The van der Waals surface area contributed by atoms with Gasteiger partial charge in [0.25, 0.3) is 5.91 Å². The van der Waals surface area contributed by atoms with E-state index in [9.17, 15) is 9.90 Å². The van der Waals surface area contributed by atoms with E-state index in [-0.39, 0.29) is 17.7 Å². The first-order valence-electron chi connectivity index (χ1n) is 6.47. The number of likely N-dealkylation sites (N-methyl/N-ethyl adjacent to an activating group) is 1. The fourth-order valence-corrected chi connectivity index (χ4v) is 2.82. The topological polar surface area (TPSA) is 43.8 Å². The van der Waals surface area contributed by atoms with E-state index in [4.69, 9.17) is 0 Å². The minimum absolute atomic E-state index is 0.00880. The van der Waals surface area contributed by atoms with Crippen molar-refractivity contribution in [2.45, 2.75) is 19.4 Å². The number of phenolic OH excluding ortho intramolecular Hbond substituents is 1. The Labute approximate surface area is 127 Å². The van der Waals surface area contributed by atoms with Crippen molar-refractivity contribution in [1.82, 2.24) is 9.80 Å². The second-order valence-corrected chi connectivity index (χ2v) is 6.29. The van der Waals surface area contributed by atoms with Crippen LogP contribution in [-0.4, -0.2) is 53.5 Å². The van der Waals surface area contributed by atoms with E-state index in [1.54, 1.807) is 18.2 Å². The molecule has 1 atom stereocenters. The molecule has 1 unspecified atom stereocenters. The molecule has 0 aliphatic carbocycles. The van der Waals surface area contributed by atoms with Crippen molar-refractivity contribution in [2.75, 3.05) is 26.7 Å². The molecule has 0 spiro atoms. The van der Waals surface area contributed by atoms with E-state index in [0.717, 1.165) is 29.6 Å². The van der Waals surface area contributed by atoms with Gasteiger partial charge in [-0.05, 0) is 67.7 Å². The standard InChI is InChI=1S/C14H19IN2O2/c1-10-9-16(2)6-3-7-17(10)14(19)11-4-5-12(15)13(18)8-11/h4-5,8,10,18H,3,6-7,9H2,1-2H3. The Balaban J connectivity index is 2.20. The first-order chi connectivity index (χ1) is 8.99. The van der Waals surface area contributed by atoms with E-state index < -0.39 is 0 Å². The fourth-order valence-electron chi connectivity index (χ4n) is 2.49. The van der Waals surface area contributed by atoms with Crippen molar-refractivity contribution in [1.29, 1.82) is 0 Å². The number of amides is 1. The number of hydrogen-bond acceptors (Lipinski definition) is 3. The molecule has 1 saturated heterocycles. The van der Waals surface area contributed by atoms with Gasteiger partial charge < -0.3 is 14.9 Å². The quantitative estimate of drug-likeness (QED) is 0.767. The molecule has 0 bridgehead atoms. The highest BCUT2D eigenvalue weighted by molar-refractivity contribution is 14.1. The van der Waals surface area contributed by atoms with E-state index in [1.165, 1.54) is 0 Å². The molecule has 104 valence electrons. The molecule has 1 aromatic rings. The van der Waals surface area contributed by atoms with Crippen molar-refractivity contribution in [2.24, 2.45) is 0 Å². The van der Waals surface area contributed by atoms with Crippen molar-refractivity contribution >= 4 is 28.5 Å². The monoisotopic (exact) mass is 374 g/mol. The van der Waals surface area contributed by atoms with Crippen molar-refractivity contribution in [3.63, 3.8) is 0 Å². The lowest BCUT2D eigenvalue weighted by Gasteiger charge is -2.28. The van der Waals surface area contributed by atoms with Gasteiger partial charge in [-0.1, -0.05) is 0 Å². The summed E-state index contributed by atoms with van der Waals surface area (Å²) in [5, 5.41) is 9.72. The molecule has 4 nitrogen and oxygen atoms in total. The van der Waals surface area contributed by atoms with Gasteiger partial charge in [-0.3, -0.25) is 4.79 Å². The van der Waals surface area contributed by atoms with Crippen LogP contribution in [0.4, 0.5) is 0 Å². The summed E-state index contributed by atoms with van der Waals surface area (Å²) in [6, 6.07) is 5.32. The van der Waals surface area contributed by atoms with Crippen LogP contribution in [0.2, 0.25) is 0 Å². The summed E-state index contributed by atoms with van der Waals surface area (Å²) in [6.45, 7) is 4.76. The summed E-state index contributed by atoms with van der Waals surface area (Å²) >= 11 is 2.05. The smallest absolute Gasteiger partial charge is 0.254 e. The largest absolute Gasteiger partial charge is 0.507 e. The maximum absolute atomic E-state index is 12.5. The molecule has 2 rings (SSSR count). The number of aromatic hydroxyl groups is 1. The summed E-state index contributed by atoms with van der Waals surface area (Å²) in [7, 11) is 2.08. The molecule has 5 heteroatoms. The Morgan fingerprint density at radius 1 is 1.42 bits per heavy atom. The fraction of sp³-hybridized carbons (Fsp3) is 0.500. The van der Waals surface area contributed by atoms with Crippen LogP contribution in [0, 0.1) is 3.57 Å². The first kappa shape index (κ1) is 14.6. The van der Waals surface area contributed by atoms with Crippen LogP contribution < -0.4 is 0 Å². The third-order valence-electron chi connectivity index (χ3n) is 3.50. The third-order valence-corrected chi connectivity index (χ3v) is 4.41. The molecule has 1 fully saturated rings. The van der Waals surface area contributed by atoms with Gasteiger partial charge in [0, 0.05) is 24.7 Å². The van der Waals surface area contributed by atoms with Gasteiger partial charge in [0.2, 0.25) is 0 Å². The average Bonchev–Trinajstić information content (AvgIpc) is 2.52. The Morgan fingerprint density at radius 2 is 2.16 bits per heavy atom. The number of halogens is 1. The molecule has 0 radical (unpaired) electrons. The Hall–Kier alpha value is -0.820. The van der Waals surface area contributed by atoms with Gasteiger partial charge in [-0.15, -0.1) is 0 Å². The third kappa shape index (κ3) is 3.39. The van der Waals surface area contributed by atoms with Crippen LogP contribution >= 0.6 is 22.6 Å². The molecular weight excluding hydrogens is 355 g/mol. The SMILES string of the molecule is CC1CN(C)CCCN1C(=O)c1ccc(I)c(O)c1. The molecule has 1 aliphatic heterocycles. The lowest BCUT2D eigenvalue weighted by Crippen LogP contribution is -2.41. The Morgan fingerprint density at radius 3 is 2.84 bits per heavy atom. The maximum atomic E-state index is 12.5. The highest BCUT2D eigenvalue weighted by atomic mass is 127. The summed E-state index contributed by atoms with van der Waals surface area (Å²) in [6.07, 6.45) is 0.989. The second kappa shape index (κ2) is 6.09. The number of carbonyl (C=O) groups is 1. The lowest BCUT2D eigenvalue weighted by molar-refractivity contribution is 0.0696. The van der Waals surface area contributed by atoms with Crippen LogP contribution in [0.1, 0.15) is 23.7 Å². The van der Waals surface area contributed by atoms with Gasteiger partial charge in [0.05, 0.1) is 3.57 Å². The number of nitrogens with zero attached hydrogens (tertiary/aromatic N) is 2. The van der Waals surface area contributed by atoms with Gasteiger partial charge in [0.1, 0.15) is 5.75 Å². The Kier molecular flexibility index (Phi) is 4.67. The number of carbonyl (C=O) groups excluding carboxylic acids is 1. The first-order valence-corrected chi connectivity index (χ1v) is 7.55. The zero-order valence-electron chi connectivity index (χ0n) is 11.3. The zero-order chi connectivity index (χ0) is 14.0. The van der Waals surface area contributed by atoms with E-state index >= 15 is 0 Å². The number of benzene rings is 1. The van der Waals surface area contributed by atoms with Gasteiger partial charge in [0.15, 0.2) is 0 Å². The molecule has 1 aromatic carbocycles. The minimum Gasteiger partial charge on any atom is -0.507 e. The van der Waals surface area contributed by atoms with Crippen LogP contribution in [0.5, 0.6) is 5.75 Å². The highest BCUT2D eigenvalue weighted by Gasteiger charge is 2.25. The van der Waals surface area contributed by atoms with Crippen LogP contribution in [0.3, 0.4) is 0 Å². The van der Waals surface area contributed by atoms with Gasteiger partial charge in [-0.25, -0.2) is 0 Å². The van der Waals surface area contributed by atoms with Gasteiger partial charge in [-0.2, -0.15) is 0 Å². The maximum Gasteiger partial charge on any atom is 0.254 e. The van der Waals surface area contributed by atoms with Crippen molar-refractivity contribution < 1.29 is 9.90 Å². The Bertz CT molecular complexity index is 479. The van der Waals surface area contributed by atoms with Crippen molar-refractivity contribution in [3.05, 3.63) is 27.3 Å². The molecule has 0 aromatic heterocycles. The highest BCUT2D eigenvalue weighted by Crippen LogP contribution is 2.22. The zero-order valence-corrected chi connectivity index (χ0v) is 13.4. The molecule has 1 heterocycles. The van der Waals surface area contributed by atoms with Crippen LogP contribution in [-0.2, 0) is 0 Å². The summed E-state index contributed by atoms with van der Waals surface area (Å²) < 4.78 is 0.762. The van der Waals surface area contributed by atoms with Crippen LogP contribution in [0.15, 0.2) is 18.2 Å². The predicted octanol–water partition coefficient (Wildman–Crippen LogP) is 2.16. The molecule has 1 aliphatic rings. The molecule has 0 saturated carbocycles. The average molecular weight is 374 g/mol. The van der Waals surface area contributed by atoms with E-state index in [0.29, 0.717) is 5.56 Å². The number of phenols is 1. The normalized spacial score (nSPS) is 21.2. The predicted molar refractivity (Wildman–Crippen MR) is 83.4 cm³/mol. The van der Waals surface area contributed by atoms with Crippen LogP contribution in [0.25, 0.3) is 0 Å². The number of rotatable bonds is 1. The van der Waals surface area contributed by atoms with Gasteiger partial charge >= 0.3 is 0 Å². The molecule has 19 heavy (non-hydrogen) atoms. The molecule has 1 N–H and O–H groups in total. The second-order valence-electron chi connectivity index (χ2n) is 5.13. The minimum atomic E-state index is 0.00880. The van der Waals surface area contributed by atoms with E-state index in [1.807, 2.05) is 4.90 Å². The van der Waals surface area contributed by atoms with E-state index in [2.05, 4.69) is 41.5 Å². The number of hydrogen-bond donors (Lipinski definition) is 1. The lowest BCUT2D eigenvalue weighted by atomic mass is 10.1. The summed E-state index contributed by atoms with van der Waals surface area (Å²) in [4.78, 5) is 16.7. The van der Waals surface area contributed by atoms with Crippen molar-refractivity contribution in [3.8, 4) is 5.75 Å². The molecule has 1 amide bonds. The summed E-state index contributed by atoms with van der Waals surface area (Å²) in [5.74, 6) is 0.181. The summed E-state index contributed by atoms with van der Waals surface area (Å²) in [5.41, 5.74) is 0.564.